The molecule has 0 unspecified atom stereocenters. The lowest BCUT2D eigenvalue weighted by atomic mass is 10.1. The summed E-state index contributed by atoms with van der Waals surface area (Å²) in [6.45, 7) is 3.93. The Morgan fingerprint density at radius 2 is 1.56 bits per heavy atom. The zero-order valence-corrected chi connectivity index (χ0v) is 15.5. The Kier molecular flexibility index (Phi) is 7.46. The quantitative estimate of drug-likeness (QED) is 0.769. The van der Waals surface area contributed by atoms with Crippen LogP contribution in [0.15, 0.2) is 48.5 Å². The molecule has 1 N–H and O–H groups in total. The molecule has 0 bridgehead atoms. The van der Waals surface area contributed by atoms with Gasteiger partial charge in [-0.15, -0.1) is 0 Å². The first-order valence-corrected chi connectivity index (χ1v) is 8.98. The average Bonchev–Trinajstić information content (AvgIpc) is 2.66. The normalized spacial score (nSPS) is 11.7. The Morgan fingerprint density at radius 3 is 2.11 bits per heavy atom. The van der Waals surface area contributed by atoms with Gasteiger partial charge in [-0.25, -0.2) is 8.78 Å². The molecule has 2 aromatic carbocycles. The van der Waals surface area contributed by atoms with Gasteiger partial charge in [0, 0.05) is 18.7 Å². The average molecular weight is 374 g/mol. The van der Waals surface area contributed by atoms with E-state index in [0.29, 0.717) is 12.1 Å². The van der Waals surface area contributed by atoms with Crippen LogP contribution in [-0.2, 0) is 22.6 Å². The van der Waals surface area contributed by atoms with Gasteiger partial charge in [0.1, 0.15) is 17.7 Å². The maximum atomic E-state index is 14.1. The third-order valence-electron chi connectivity index (χ3n) is 4.31. The maximum Gasteiger partial charge on any atom is 0.242 e. The minimum atomic E-state index is -0.810. The summed E-state index contributed by atoms with van der Waals surface area (Å²) in [6.07, 6.45) is 0.557. The SMILES string of the molecule is CCCNC(=O)[C@H](C)N(Cc1ccccc1F)C(=O)Cc1ccccc1F. The standard InChI is InChI=1S/C21H24F2N2O2/c1-3-12-24-21(27)15(2)25(14-17-9-5-7-11-19(17)23)20(26)13-16-8-4-6-10-18(16)22/h4-11,15H,3,12-14H2,1-2H3,(H,24,27)/t15-/m0/s1. The van der Waals surface area contributed by atoms with Crippen LogP contribution in [0.4, 0.5) is 8.78 Å². The molecular formula is C21H24F2N2O2. The third kappa shape index (κ3) is 5.61. The van der Waals surface area contributed by atoms with Crippen LogP contribution in [0.25, 0.3) is 0 Å². The molecule has 4 nitrogen and oxygen atoms in total. The van der Waals surface area contributed by atoms with Gasteiger partial charge in [0.15, 0.2) is 0 Å². The van der Waals surface area contributed by atoms with Crippen molar-refractivity contribution >= 4 is 11.8 Å². The lowest BCUT2D eigenvalue weighted by molar-refractivity contribution is -0.140. The fourth-order valence-electron chi connectivity index (χ4n) is 2.69. The van der Waals surface area contributed by atoms with E-state index in [0.717, 1.165) is 6.42 Å². The second kappa shape index (κ2) is 9.80. The lowest BCUT2D eigenvalue weighted by Crippen LogP contribution is -2.48. The Bertz CT molecular complexity index is 795. The number of benzene rings is 2. The molecule has 27 heavy (non-hydrogen) atoms. The Labute approximate surface area is 158 Å². The molecule has 0 heterocycles. The number of amides is 2. The van der Waals surface area contributed by atoms with Crippen molar-refractivity contribution in [1.29, 1.82) is 0 Å². The second-order valence-electron chi connectivity index (χ2n) is 6.35. The van der Waals surface area contributed by atoms with E-state index in [1.54, 1.807) is 37.3 Å². The first-order chi connectivity index (χ1) is 12.9. The summed E-state index contributed by atoms with van der Waals surface area (Å²) < 4.78 is 28.0. The zero-order valence-electron chi connectivity index (χ0n) is 15.5. The summed E-state index contributed by atoms with van der Waals surface area (Å²) >= 11 is 0. The topological polar surface area (TPSA) is 49.4 Å². The fraction of sp³-hybridized carbons (Fsp3) is 0.333. The summed E-state index contributed by atoms with van der Waals surface area (Å²) in [4.78, 5) is 26.5. The highest BCUT2D eigenvalue weighted by molar-refractivity contribution is 5.88. The van der Waals surface area contributed by atoms with Crippen LogP contribution < -0.4 is 5.32 Å². The van der Waals surface area contributed by atoms with Gasteiger partial charge in [-0.2, -0.15) is 0 Å². The summed E-state index contributed by atoms with van der Waals surface area (Å²) in [5.74, 6) is -1.71. The van der Waals surface area contributed by atoms with Crippen molar-refractivity contribution in [3.05, 3.63) is 71.3 Å². The molecule has 6 heteroatoms. The minimum Gasteiger partial charge on any atom is -0.354 e. The van der Waals surface area contributed by atoms with Gasteiger partial charge in [0.25, 0.3) is 0 Å². The van der Waals surface area contributed by atoms with Gasteiger partial charge in [-0.05, 0) is 31.0 Å². The minimum absolute atomic E-state index is 0.0688. The summed E-state index contributed by atoms with van der Waals surface area (Å²) in [5.41, 5.74) is 0.539. The number of nitrogens with zero attached hydrogens (tertiary/aromatic N) is 1. The van der Waals surface area contributed by atoms with Crippen molar-refractivity contribution in [2.75, 3.05) is 6.54 Å². The molecule has 0 aromatic heterocycles. The largest absolute Gasteiger partial charge is 0.354 e. The fourth-order valence-corrected chi connectivity index (χ4v) is 2.69. The molecule has 0 aliphatic heterocycles. The molecule has 0 aliphatic carbocycles. The van der Waals surface area contributed by atoms with Crippen molar-refractivity contribution in [3.63, 3.8) is 0 Å². The Hall–Kier alpha value is -2.76. The van der Waals surface area contributed by atoms with Crippen LogP contribution in [0.1, 0.15) is 31.4 Å². The molecule has 0 saturated carbocycles. The van der Waals surface area contributed by atoms with Crippen molar-refractivity contribution in [1.82, 2.24) is 10.2 Å². The van der Waals surface area contributed by atoms with Gasteiger partial charge in [0.2, 0.25) is 11.8 Å². The molecule has 2 amide bonds. The predicted octanol–water partition coefficient (Wildman–Crippen LogP) is 3.45. The van der Waals surface area contributed by atoms with Crippen molar-refractivity contribution in [3.8, 4) is 0 Å². The van der Waals surface area contributed by atoms with E-state index >= 15 is 0 Å². The van der Waals surface area contributed by atoms with E-state index < -0.39 is 23.6 Å². The number of rotatable bonds is 8. The highest BCUT2D eigenvalue weighted by Gasteiger charge is 2.27. The first-order valence-electron chi connectivity index (χ1n) is 8.98. The van der Waals surface area contributed by atoms with E-state index in [9.17, 15) is 18.4 Å². The van der Waals surface area contributed by atoms with Crippen molar-refractivity contribution < 1.29 is 18.4 Å². The molecule has 144 valence electrons. The second-order valence-corrected chi connectivity index (χ2v) is 6.35. The van der Waals surface area contributed by atoms with Gasteiger partial charge >= 0.3 is 0 Å². The summed E-state index contributed by atoms with van der Waals surface area (Å²) in [6, 6.07) is 11.3. The highest BCUT2D eigenvalue weighted by Crippen LogP contribution is 2.16. The van der Waals surface area contributed by atoms with Gasteiger partial charge in [0.05, 0.1) is 6.42 Å². The van der Waals surface area contributed by atoms with Crippen molar-refractivity contribution in [2.45, 2.75) is 39.3 Å². The third-order valence-corrected chi connectivity index (χ3v) is 4.31. The maximum absolute atomic E-state index is 14.1. The molecule has 1 atom stereocenters. The number of carbonyl (C=O) groups is 2. The smallest absolute Gasteiger partial charge is 0.242 e. The molecule has 0 saturated heterocycles. The van der Waals surface area contributed by atoms with Crippen LogP contribution in [-0.4, -0.2) is 29.3 Å². The van der Waals surface area contributed by atoms with E-state index in [1.165, 1.54) is 23.1 Å². The van der Waals surface area contributed by atoms with Crippen LogP contribution >= 0.6 is 0 Å². The molecule has 0 aliphatic rings. The van der Waals surface area contributed by atoms with Crippen molar-refractivity contribution in [2.24, 2.45) is 0 Å². The number of halogens is 2. The monoisotopic (exact) mass is 374 g/mol. The summed E-state index contributed by atoms with van der Waals surface area (Å²) in [5, 5.41) is 2.74. The molecule has 2 aromatic rings. The van der Waals surface area contributed by atoms with E-state index in [4.69, 9.17) is 0 Å². The van der Waals surface area contributed by atoms with Gasteiger partial charge in [-0.1, -0.05) is 43.3 Å². The first kappa shape index (κ1) is 20.6. The number of nitrogens with one attached hydrogen (secondary N) is 1. The van der Waals surface area contributed by atoms with Crippen LogP contribution in [0.3, 0.4) is 0 Å². The number of hydrogen-bond acceptors (Lipinski definition) is 2. The van der Waals surface area contributed by atoms with Crippen LogP contribution in [0, 0.1) is 11.6 Å². The van der Waals surface area contributed by atoms with Gasteiger partial charge in [-0.3, -0.25) is 9.59 Å². The zero-order chi connectivity index (χ0) is 19.8. The van der Waals surface area contributed by atoms with E-state index in [2.05, 4.69) is 5.32 Å². The molecular weight excluding hydrogens is 350 g/mol. The summed E-state index contributed by atoms with van der Waals surface area (Å²) in [7, 11) is 0. The lowest BCUT2D eigenvalue weighted by Gasteiger charge is -2.29. The predicted molar refractivity (Wildman–Crippen MR) is 99.8 cm³/mol. The van der Waals surface area contributed by atoms with Crippen LogP contribution in [0.5, 0.6) is 0 Å². The molecule has 0 fully saturated rings. The van der Waals surface area contributed by atoms with E-state index in [-0.39, 0.29) is 24.4 Å². The Balaban J connectivity index is 2.25. The molecule has 0 spiro atoms. The molecule has 0 radical (unpaired) electrons. The Morgan fingerprint density at radius 1 is 1.00 bits per heavy atom. The van der Waals surface area contributed by atoms with Crippen LogP contribution in [0.2, 0.25) is 0 Å². The molecule has 2 rings (SSSR count). The highest BCUT2D eigenvalue weighted by atomic mass is 19.1. The van der Waals surface area contributed by atoms with Gasteiger partial charge < -0.3 is 10.2 Å². The number of hydrogen-bond donors (Lipinski definition) is 1. The van der Waals surface area contributed by atoms with E-state index in [1.807, 2.05) is 6.92 Å². The number of carbonyl (C=O) groups excluding carboxylic acids is 2.